The second-order valence-corrected chi connectivity index (χ2v) is 6.83. The van der Waals surface area contributed by atoms with Crippen LogP contribution in [0, 0.1) is 6.92 Å². The lowest BCUT2D eigenvalue weighted by atomic mass is 10.1. The number of fused-ring (bicyclic) bond motifs is 3. The molecule has 0 unspecified atom stereocenters. The molecule has 3 aromatic carbocycles. The van der Waals surface area contributed by atoms with Gasteiger partial charge in [0.1, 0.15) is 0 Å². The number of hydrogen-bond donors (Lipinski definition) is 0. The monoisotopic (exact) mass is 346 g/mol. The molecule has 0 aliphatic rings. The standard InChI is InChI=1S/C25H18N2/c1-17-7-9-19(10-8-17)23-16-14-21-12-11-20-13-15-22(18-5-3-2-4-6-18)26-24(20)25(21)27-23/h2-16H,1H3. The third-order valence-electron chi connectivity index (χ3n) is 4.94. The molecule has 0 N–H and O–H groups in total. The summed E-state index contributed by atoms with van der Waals surface area (Å²) in [6, 6.07) is 31.4. The van der Waals surface area contributed by atoms with Crippen LogP contribution in [0.25, 0.3) is 44.3 Å². The number of hydrogen-bond acceptors (Lipinski definition) is 2. The van der Waals surface area contributed by atoms with Gasteiger partial charge in [0.15, 0.2) is 0 Å². The van der Waals surface area contributed by atoms with Crippen molar-refractivity contribution in [3.05, 3.63) is 96.6 Å². The zero-order valence-electron chi connectivity index (χ0n) is 15.1. The molecule has 0 spiro atoms. The number of rotatable bonds is 2. The number of pyridine rings is 2. The Morgan fingerprint density at radius 3 is 1.52 bits per heavy atom. The minimum atomic E-state index is 0.947. The first kappa shape index (κ1) is 15.7. The van der Waals surface area contributed by atoms with E-state index in [1.807, 2.05) is 18.2 Å². The summed E-state index contributed by atoms with van der Waals surface area (Å²) in [5.41, 5.74) is 7.33. The molecule has 0 bridgehead atoms. The van der Waals surface area contributed by atoms with E-state index < -0.39 is 0 Å². The molecular formula is C25H18N2. The van der Waals surface area contributed by atoms with Gasteiger partial charge in [0.25, 0.3) is 0 Å². The highest BCUT2D eigenvalue weighted by molar-refractivity contribution is 6.04. The molecule has 5 aromatic rings. The van der Waals surface area contributed by atoms with Crippen molar-refractivity contribution in [1.29, 1.82) is 0 Å². The maximum atomic E-state index is 4.98. The van der Waals surface area contributed by atoms with Crippen LogP contribution >= 0.6 is 0 Å². The molecule has 0 amide bonds. The highest BCUT2D eigenvalue weighted by Gasteiger charge is 2.08. The summed E-state index contributed by atoms with van der Waals surface area (Å²) in [7, 11) is 0. The van der Waals surface area contributed by atoms with E-state index >= 15 is 0 Å². The summed E-state index contributed by atoms with van der Waals surface area (Å²) >= 11 is 0. The van der Waals surface area contributed by atoms with Crippen LogP contribution in [0.1, 0.15) is 5.56 Å². The second-order valence-electron chi connectivity index (χ2n) is 6.83. The molecule has 2 nitrogen and oxygen atoms in total. The van der Waals surface area contributed by atoms with Crippen LogP contribution in [-0.4, -0.2) is 9.97 Å². The molecule has 27 heavy (non-hydrogen) atoms. The lowest BCUT2D eigenvalue weighted by Gasteiger charge is -2.08. The minimum Gasteiger partial charge on any atom is -0.245 e. The Balaban J connectivity index is 1.74. The van der Waals surface area contributed by atoms with Crippen molar-refractivity contribution in [3.8, 4) is 22.5 Å². The molecule has 0 fully saturated rings. The first-order valence-electron chi connectivity index (χ1n) is 9.11. The van der Waals surface area contributed by atoms with Crippen molar-refractivity contribution in [1.82, 2.24) is 9.97 Å². The molecule has 0 radical (unpaired) electrons. The maximum Gasteiger partial charge on any atom is 0.0972 e. The third kappa shape index (κ3) is 2.85. The molecule has 2 heterocycles. The number of aryl methyl sites for hydroxylation is 1. The van der Waals surface area contributed by atoms with Crippen LogP contribution in [0.3, 0.4) is 0 Å². The second kappa shape index (κ2) is 6.33. The Labute approximate surface area is 158 Å². The summed E-state index contributed by atoms with van der Waals surface area (Å²) in [5.74, 6) is 0. The van der Waals surface area contributed by atoms with Gasteiger partial charge in [-0.3, -0.25) is 0 Å². The Kier molecular flexibility index (Phi) is 3.68. The topological polar surface area (TPSA) is 25.8 Å². The number of benzene rings is 3. The molecule has 128 valence electrons. The van der Waals surface area contributed by atoms with E-state index in [0.717, 1.165) is 44.3 Å². The minimum absolute atomic E-state index is 0.947. The van der Waals surface area contributed by atoms with Crippen LogP contribution in [0.15, 0.2) is 91.0 Å². The lowest BCUT2D eigenvalue weighted by molar-refractivity contribution is 1.36. The smallest absolute Gasteiger partial charge is 0.0972 e. The van der Waals surface area contributed by atoms with E-state index in [0.29, 0.717) is 0 Å². The molecule has 0 aliphatic carbocycles. The van der Waals surface area contributed by atoms with Gasteiger partial charge in [-0.1, -0.05) is 84.4 Å². The van der Waals surface area contributed by atoms with Gasteiger partial charge in [-0.2, -0.15) is 0 Å². The van der Waals surface area contributed by atoms with Gasteiger partial charge in [-0.05, 0) is 19.1 Å². The van der Waals surface area contributed by atoms with Gasteiger partial charge in [0.05, 0.1) is 22.4 Å². The van der Waals surface area contributed by atoms with Gasteiger partial charge in [0.2, 0.25) is 0 Å². The molecular weight excluding hydrogens is 328 g/mol. The zero-order chi connectivity index (χ0) is 18.2. The van der Waals surface area contributed by atoms with E-state index in [1.165, 1.54) is 5.56 Å². The highest BCUT2D eigenvalue weighted by Crippen LogP contribution is 2.28. The van der Waals surface area contributed by atoms with Crippen LogP contribution in [0.4, 0.5) is 0 Å². The van der Waals surface area contributed by atoms with E-state index in [1.54, 1.807) is 0 Å². The van der Waals surface area contributed by atoms with E-state index in [9.17, 15) is 0 Å². The molecule has 0 aliphatic heterocycles. The van der Waals surface area contributed by atoms with Gasteiger partial charge < -0.3 is 0 Å². The fourth-order valence-electron chi connectivity index (χ4n) is 3.42. The Morgan fingerprint density at radius 2 is 0.963 bits per heavy atom. The number of nitrogens with zero attached hydrogens (tertiary/aromatic N) is 2. The average Bonchev–Trinajstić information content (AvgIpc) is 2.74. The summed E-state index contributed by atoms with van der Waals surface area (Å²) in [4.78, 5) is 9.94. The fourth-order valence-corrected chi connectivity index (χ4v) is 3.42. The zero-order valence-corrected chi connectivity index (χ0v) is 15.1. The predicted octanol–water partition coefficient (Wildman–Crippen LogP) is 6.43. The summed E-state index contributed by atoms with van der Waals surface area (Å²) in [6.45, 7) is 2.10. The van der Waals surface area contributed by atoms with Crippen LogP contribution in [-0.2, 0) is 0 Å². The quantitative estimate of drug-likeness (QED) is 0.344. The lowest BCUT2D eigenvalue weighted by Crippen LogP contribution is -1.91. The van der Waals surface area contributed by atoms with Crippen molar-refractivity contribution >= 4 is 21.8 Å². The average molecular weight is 346 g/mol. The van der Waals surface area contributed by atoms with Crippen molar-refractivity contribution in [3.63, 3.8) is 0 Å². The summed E-state index contributed by atoms with van der Waals surface area (Å²) in [5, 5.41) is 2.21. The molecule has 0 atom stereocenters. The summed E-state index contributed by atoms with van der Waals surface area (Å²) in [6.07, 6.45) is 0. The molecule has 2 aromatic heterocycles. The third-order valence-corrected chi connectivity index (χ3v) is 4.94. The van der Waals surface area contributed by atoms with E-state index in [4.69, 9.17) is 9.97 Å². The first-order chi connectivity index (χ1) is 13.3. The van der Waals surface area contributed by atoms with E-state index in [2.05, 4.69) is 79.7 Å². The van der Waals surface area contributed by atoms with Gasteiger partial charge in [0, 0.05) is 21.9 Å². The van der Waals surface area contributed by atoms with Crippen LogP contribution in [0.5, 0.6) is 0 Å². The molecule has 0 saturated carbocycles. The van der Waals surface area contributed by atoms with Gasteiger partial charge >= 0.3 is 0 Å². The van der Waals surface area contributed by atoms with Crippen LogP contribution < -0.4 is 0 Å². The Bertz CT molecular complexity index is 1260. The fraction of sp³-hybridized carbons (Fsp3) is 0.0400. The van der Waals surface area contributed by atoms with Crippen molar-refractivity contribution in [2.45, 2.75) is 6.92 Å². The maximum absolute atomic E-state index is 4.98. The number of aromatic nitrogens is 2. The molecule has 5 rings (SSSR count). The summed E-state index contributed by atoms with van der Waals surface area (Å²) < 4.78 is 0. The van der Waals surface area contributed by atoms with Gasteiger partial charge in [-0.15, -0.1) is 0 Å². The van der Waals surface area contributed by atoms with Gasteiger partial charge in [-0.25, -0.2) is 9.97 Å². The highest BCUT2D eigenvalue weighted by atomic mass is 14.8. The van der Waals surface area contributed by atoms with Crippen LogP contribution in [0.2, 0.25) is 0 Å². The van der Waals surface area contributed by atoms with Crippen molar-refractivity contribution < 1.29 is 0 Å². The Morgan fingerprint density at radius 1 is 0.481 bits per heavy atom. The Hall–Kier alpha value is -3.52. The normalized spacial score (nSPS) is 11.1. The molecule has 2 heteroatoms. The predicted molar refractivity (Wildman–Crippen MR) is 113 cm³/mol. The largest absolute Gasteiger partial charge is 0.245 e. The van der Waals surface area contributed by atoms with Crippen molar-refractivity contribution in [2.75, 3.05) is 0 Å². The SMILES string of the molecule is Cc1ccc(-c2ccc3ccc4ccc(-c5ccccc5)nc4c3n2)cc1. The molecule has 0 saturated heterocycles. The van der Waals surface area contributed by atoms with Crippen molar-refractivity contribution in [2.24, 2.45) is 0 Å². The van der Waals surface area contributed by atoms with E-state index in [-0.39, 0.29) is 0 Å². The first-order valence-corrected chi connectivity index (χ1v) is 9.11.